The van der Waals surface area contributed by atoms with Gasteiger partial charge in [-0.2, -0.15) is 13.4 Å². The van der Waals surface area contributed by atoms with Gasteiger partial charge in [0.25, 0.3) is 21.0 Å². The fourth-order valence-corrected chi connectivity index (χ4v) is 3.32. The molecular weight excluding hydrogens is 370 g/mol. The Morgan fingerprint density at radius 3 is 2.72 bits per heavy atom. The monoisotopic (exact) mass is 381 g/mol. The summed E-state index contributed by atoms with van der Waals surface area (Å²) in [5.41, 5.74) is 0.683. The van der Waals surface area contributed by atoms with Crippen LogP contribution >= 0.6 is 11.6 Å². The van der Waals surface area contributed by atoms with E-state index in [1.807, 2.05) is 0 Å². The minimum atomic E-state index is -4.24. The molecule has 0 aliphatic rings. The van der Waals surface area contributed by atoms with Gasteiger partial charge in [-0.3, -0.25) is 4.72 Å². The molecule has 25 heavy (non-hydrogen) atoms. The fraction of sp³-hybridized carbons (Fsp3) is 0.143. The van der Waals surface area contributed by atoms with E-state index in [0.717, 1.165) is 5.56 Å². The summed E-state index contributed by atoms with van der Waals surface area (Å²) in [5.74, 6) is -1.19. The number of halogens is 1. The summed E-state index contributed by atoms with van der Waals surface area (Å²) < 4.78 is 28.6. The smallest absolute Gasteiger partial charge is 0.337 e. The van der Waals surface area contributed by atoms with E-state index in [0.29, 0.717) is 0 Å². The number of aryl methyl sites for hydroxylation is 1. The second-order valence-electron chi connectivity index (χ2n) is 5.28. The average molecular weight is 382 g/mol. The Bertz CT molecular complexity index is 1110. The van der Waals surface area contributed by atoms with E-state index in [4.69, 9.17) is 11.6 Å². The van der Waals surface area contributed by atoms with E-state index in [-0.39, 0.29) is 27.6 Å². The molecule has 0 aliphatic heterocycles. The Morgan fingerprint density at radius 2 is 2.04 bits per heavy atom. The van der Waals surface area contributed by atoms with Crippen molar-refractivity contribution in [2.45, 2.75) is 19.0 Å². The molecule has 0 fully saturated rings. The zero-order chi connectivity index (χ0) is 18.4. The van der Waals surface area contributed by atoms with Crippen molar-refractivity contribution in [3.05, 3.63) is 46.2 Å². The van der Waals surface area contributed by atoms with Gasteiger partial charge in [-0.25, -0.2) is 14.3 Å². The number of rotatable bonds is 4. The molecule has 9 nitrogen and oxygen atoms in total. The van der Waals surface area contributed by atoms with Crippen LogP contribution < -0.4 is 4.72 Å². The summed E-state index contributed by atoms with van der Waals surface area (Å²) >= 11 is 5.97. The number of sulfonamides is 1. The first kappa shape index (κ1) is 17.1. The van der Waals surface area contributed by atoms with Gasteiger partial charge in [0.2, 0.25) is 0 Å². The SMILES string of the molecule is Cc1cnc2nc(S(=O)(=O)Nc3c(C(=O)O)ccc(Cl)c3C)nn2c1. The van der Waals surface area contributed by atoms with Crippen LogP contribution in [-0.2, 0) is 10.0 Å². The molecule has 0 atom stereocenters. The number of carboxylic acid groups (broad SMARTS) is 1. The number of fused-ring (bicyclic) bond motifs is 1. The number of nitrogens with zero attached hydrogens (tertiary/aromatic N) is 4. The zero-order valence-corrected chi connectivity index (χ0v) is 14.6. The maximum atomic E-state index is 12.6. The van der Waals surface area contributed by atoms with E-state index in [1.165, 1.54) is 29.8 Å². The predicted octanol–water partition coefficient (Wildman–Crippen LogP) is 1.89. The number of benzene rings is 1. The highest BCUT2D eigenvalue weighted by atomic mass is 35.5. The second-order valence-corrected chi connectivity index (χ2v) is 7.26. The minimum Gasteiger partial charge on any atom is -0.478 e. The van der Waals surface area contributed by atoms with E-state index in [1.54, 1.807) is 13.1 Å². The van der Waals surface area contributed by atoms with Crippen LogP contribution in [0.25, 0.3) is 5.78 Å². The molecular formula is C14H12ClN5O4S. The van der Waals surface area contributed by atoms with Gasteiger partial charge in [-0.05, 0) is 37.1 Å². The zero-order valence-electron chi connectivity index (χ0n) is 13.1. The molecule has 0 unspecified atom stereocenters. The van der Waals surface area contributed by atoms with Crippen LogP contribution in [0.3, 0.4) is 0 Å². The topological polar surface area (TPSA) is 127 Å². The third kappa shape index (κ3) is 3.13. The average Bonchev–Trinajstić information content (AvgIpc) is 2.95. The van der Waals surface area contributed by atoms with Crippen molar-refractivity contribution in [1.29, 1.82) is 0 Å². The lowest BCUT2D eigenvalue weighted by molar-refractivity contribution is 0.0698. The number of aromatic carboxylic acids is 1. The van der Waals surface area contributed by atoms with E-state index < -0.39 is 21.1 Å². The highest BCUT2D eigenvalue weighted by Crippen LogP contribution is 2.29. The van der Waals surface area contributed by atoms with Gasteiger partial charge in [0.1, 0.15) is 0 Å². The lowest BCUT2D eigenvalue weighted by Gasteiger charge is -2.12. The van der Waals surface area contributed by atoms with Crippen molar-refractivity contribution >= 4 is 39.1 Å². The Hall–Kier alpha value is -2.72. The molecule has 0 saturated carbocycles. The van der Waals surface area contributed by atoms with Crippen molar-refractivity contribution < 1.29 is 18.3 Å². The first-order chi connectivity index (χ1) is 11.7. The number of hydrogen-bond acceptors (Lipinski definition) is 6. The first-order valence-electron chi connectivity index (χ1n) is 6.93. The minimum absolute atomic E-state index is 0.104. The van der Waals surface area contributed by atoms with Crippen LogP contribution in [0.5, 0.6) is 0 Å². The van der Waals surface area contributed by atoms with E-state index in [2.05, 4.69) is 19.8 Å². The largest absolute Gasteiger partial charge is 0.478 e. The molecule has 130 valence electrons. The highest BCUT2D eigenvalue weighted by Gasteiger charge is 2.25. The van der Waals surface area contributed by atoms with Crippen molar-refractivity contribution in [3.8, 4) is 0 Å². The first-order valence-corrected chi connectivity index (χ1v) is 8.79. The predicted molar refractivity (Wildman–Crippen MR) is 89.5 cm³/mol. The Balaban J connectivity index is 2.10. The Kier molecular flexibility index (Phi) is 4.09. The van der Waals surface area contributed by atoms with Crippen molar-refractivity contribution in [1.82, 2.24) is 19.6 Å². The lowest BCUT2D eigenvalue weighted by Crippen LogP contribution is -2.18. The van der Waals surface area contributed by atoms with Crippen molar-refractivity contribution in [2.75, 3.05) is 4.72 Å². The van der Waals surface area contributed by atoms with Gasteiger partial charge < -0.3 is 5.11 Å². The summed E-state index contributed by atoms with van der Waals surface area (Å²) in [6, 6.07) is 2.60. The molecule has 2 aromatic heterocycles. The lowest BCUT2D eigenvalue weighted by atomic mass is 10.1. The quantitative estimate of drug-likeness (QED) is 0.706. The van der Waals surface area contributed by atoms with Gasteiger partial charge in [0.05, 0.1) is 11.3 Å². The van der Waals surface area contributed by atoms with Crippen LogP contribution in [0.15, 0.2) is 29.7 Å². The molecule has 0 bridgehead atoms. The van der Waals surface area contributed by atoms with Crippen molar-refractivity contribution in [3.63, 3.8) is 0 Å². The maximum Gasteiger partial charge on any atom is 0.337 e. The van der Waals surface area contributed by atoms with Gasteiger partial charge in [0.15, 0.2) is 0 Å². The van der Waals surface area contributed by atoms with E-state index >= 15 is 0 Å². The molecule has 11 heteroatoms. The number of nitrogens with one attached hydrogen (secondary N) is 1. The van der Waals surface area contributed by atoms with Gasteiger partial charge in [-0.15, -0.1) is 5.10 Å². The molecule has 0 spiro atoms. The van der Waals surface area contributed by atoms with Gasteiger partial charge in [0, 0.05) is 17.4 Å². The molecule has 3 aromatic rings. The van der Waals surface area contributed by atoms with Crippen LogP contribution in [0.2, 0.25) is 5.02 Å². The van der Waals surface area contributed by atoms with Gasteiger partial charge in [-0.1, -0.05) is 11.6 Å². The normalized spacial score (nSPS) is 11.6. The molecule has 3 rings (SSSR count). The molecule has 0 amide bonds. The summed E-state index contributed by atoms with van der Waals surface area (Å²) in [4.78, 5) is 19.2. The van der Waals surface area contributed by atoms with Crippen LogP contribution in [0.4, 0.5) is 5.69 Å². The molecule has 0 radical (unpaired) electrons. The van der Waals surface area contributed by atoms with Crippen molar-refractivity contribution in [2.24, 2.45) is 0 Å². The molecule has 0 aliphatic carbocycles. The fourth-order valence-electron chi connectivity index (χ4n) is 2.15. The Labute approximate surface area is 147 Å². The number of anilines is 1. The Morgan fingerprint density at radius 1 is 1.32 bits per heavy atom. The molecule has 0 saturated heterocycles. The van der Waals surface area contributed by atoms with Crippen LogP contribution in [0, 0.1) is 13.8 Å². The number of carbonyl (C=O) groups is 1. The number of hydrogen-bond donors (Lipinski definition) is 2. The standard InChI is InChI=1S/C14H12ClN5O4S/c1-7-5-16-13-17-14(18-20(13)6-7)25(23,24)19-11-8(2)10(15)4-3-9(11)12(21)22/h3-6,19H,1-2H3,(H,21,22). The number of aromatic nitrogens is 4. The molecule has 1 aromatic carbocycles. The summed E-state index contributed by atoms with van der Waals surface area (Å²) in [6.07, 6.45) is 3.10. The molecule has 2 heterocycles. The third-order valence-electron chi connectivity index (χ3n) is 3.41. The summed E-state index contributed by atoms with van der Waals surface area (Å²) in [6.45, 7) is 3.28. The van der Waals surface area contributed by atoms with Crippen LogP contribution in [-0.4, -0.2) is 39.1 Å². The number of carboxylic acids is 1. The van der Waals surface area contributed by atoms with Crippen LogP contribution in [0.1, 0.15) is 21.5 Å². The highest BCUT2D eigenvalue weighted by molar-refractivity contribution is 7.92. The van der Waals surface area contributed by atoms with Gasteiger partial charge >= 0.3 is 5.97 Å². The summed E-state index contributed by atoms with van der Waals surface area (Å²) in [7, 11) is -4.24. The third-order valence-corrected chi connectivity index (χ3v) is 4.95. The maximum absolute atomic E-state index is 12.6. The molecule has 2 N–H and O–H groups in total. The second kappa shape index (κ2) is 5.97. The van der Waals surface area contributed by atoms with E-state index in [9.17, 15) is 18.3 Å². The summed E-state index contributed by atoms with van der Waals surface area (Å²) in [5, 5.41) is 12.8.